The molecule has 2 heterocycles. The lowest BCUT2D eigenvalue weighted by Gasteiger charge is -2.31. The number of hydrogen-bond donors (Lipinski definition) is 2. The van der Waals surface area contributed by atoms with Crippen molar-refractivity contribution in [2.24, 2.45) is 11.7 Å². The maximum absolute atomic E-state index is 12.3. The number of carbonyl (C=O) groups excluding carboxylic acids is 2. The molecule has 0 spiro atoms. The maximum atomic E-state index is 12.3. The largest absolute Gasteiger partial charge is 0.451 e. The van der Waals surface area contributed by atoms with Gasteiger partial charge in [0.2, 0.25) is 0 Å². The van der Waals surface area contributed by atoms with E-state index in [2.05, 4.69) is 5.43 Å². The summed E-state index contributed by atoms with van der Waals surface area (Å²) in [6, 6.07) is 6.87. The lowest BCUT2D eigenvalue weighted by atomic mass is 9.99. The number of piperidine rings is 1. The smallest absolute Gasteiger partial charge is 0.404 e. The van der Waals surface area contributed by atoms with Gasteiger partial charge in [-0.15, -0.1) is 0 Å². The molecule has 0 radical (unpaired) electrons. The molecule has 1 aliphatic rings. The molecule has 3 N–H and O–H groups in total. The van der Waals surface area contributed by atoms with Crippen LogP contribution in [0.3, 0.4) is 0 Å². The Morgan fingerprint density at radius 3 is 2.79 bits per heavy atom. The first-order valence-corrected chi connectivity index (χ1v) is 8.06. The van der Waals surface area contributed by atoms with Crippen molar-refractivity contribution in [2.45, 2.75) is 12.8 Å². The Kier molecular flexibility index (Phi) is 4.92. The summed E-state index contributed by atoms with van der Waals surface area (Å²) in [4.78, 5) is 22.9. The molecular weight excluding hydrogens is 334 g/mol. The number of hydrogen-bond acceptors (Lipinski definition) is 5. The molecule has 7 nitrogen and oxygen atoms in total. The standard InChI is InChI=1S/C16H18ClN3O4/c17-12-1-2-13-11(7-12)8-14(24-13)15(21)19-20-5-3-10(4-6-20)9-23-16(18)22/h1-2,7-8,10H,3-6,9H2,(H2,18,22)(H,19,21). The van der Waals surface area contributed by atoms with Crippen LogP contribution in [0.1, 0.15) is 23.4 Å². The highest BCUT2D eigenvalue weighted by molar-refractivity contribution is 6.31. The van der Waals surface area contributed by atoms with Crippen LogP contribution in [0, 0.1) is 5.92 Å². The first kappa shape index (κ1) is 16.6. The molecule has 2 amide bonds. The van der Waals surface area contributed by atoms with Gasteiger partial charge in [-0.3, -0.25) is 10.2 Å². The zero-order chi connectivity index (χ0) is 17.1. The lowest BCUT2D eigenvalue weighted by molar-refractivity contribution is 0.0594. The van der Waals surface area contributed by atoms with E-state index in [-0.39, 0.29) is 17.6 Å². The van der Waals surface area contributed by atoms with Gasteiger partial charge in [0, 0.05) is 23.5 Å². The van der Waals surface area contributed by atoms with Gasteiger partial charge < -0.3 is 14.9 Å². The molecule has 2 aromatic rings. The molecule has 1 saturated heterocycles. The number of nitrogens with two attached hydrogens (primary N) is 1. The number of rotatable bonds is 4. The zero-order valence-corrected chi connectivity index (χ0v) is 13.7. The van der Waals surface area contributed by atoms with E-state index in [4.69, 9.17) is 26.5 Å². The number of primary amides is 1. The van der Waals surface area contributed by atoms with Crippen LogP contribution in [0.25, 0.3) is 11.0 Å². The Labute approximate surface area is 143 Å². The minimum atomic E-state index is -0.754. The summed E-state index contributed by atoms with van der Waals surface area (Å²) in [6.07, 6.45) is 0.864. The number of nitrogens with zero attached hydrogens (tertiary/aromatic N) is 1. The van der Waals surface area contributed by atoms with E-state index in [0.717, 1.165) is 18.2 Å². The quantitative estimate of drug-likeness (QED) is 0.882. The van der Waals surface area contributed by atoms with Crippen LogP contribution >= 0.6 is 11.6 Å². The van der Waals surface area contributed by atoms with E-state index in [1.807, 2.05) is 5.01 Å². The predicted octanol–water partition coefficient (Wildman–Crippen LogP) is 2.54. The predicted molar refractivity (Wildman–Crippen MR) is 88.5 cm³/mol. The lowest BCUT2D eigenvalue weighted by Crippen LogP contribution is -2.47. The van der Waals surface area contributed by atoms with Crippen LogP contribution in [0.4, 0.5) is 4.79 Å². The highest BCUT2D eigenvalue weighted by Crippen LogP contribution is 2.23. The van der Waals surface area contributed by atoms with Gasteiger partial charge in [-0.2, -0.15) is 0 Å². The number of benzene rings is 1. The molecule has 1 fully saturated rings. The van der Waals surface area contributed by atoms with Crippen molar-refractivity contribution in [3.8, 4) is 0 Å². The Morgan fingerprint density at radius 1 is 1.33 bits per heavy atom. The van der Waals surface area contributed by atoms with Gasteiger partial charge in [0.15, 0.2) is 5.76 Å². The van der Waals surface area contributed by atoms with Crippen LogP contribution in [-0.4, -0.2) is 36.7 Å². The number of furan rings is 1. The number of carbonyl (C=O) groups is 2. The number of ether oxygens (including phenoxy) is 1. The average Bonchev–Trinajstić information content (AvgIpc) is 2.97. The van der Waals surface area contributed by atoms with E-state index in [9.17, 15) is 9.59 Å². The molecule has 0 aliphatic carbocycles. The normalized spacial score (nSPS) is 16.2. The molecule has 0 atom stereocenters. The van der Waals surface area contributed by atoms with Crippen LogP contribution in [0.2, 0.25) is 5.02 Å². The second kappa shape index (κ2) is 7.11. The summed E-state index contributed by atoms with van der Waals surface area (Å²) < 4.78 is 10.4. The van der Waals surface area contributed by atoms with Gasteiger partial charge >= 0.3 is 12.0 Å². The topological polar surface area (TPSA) is 97.8 Å². The second-order valence-corrected chi connectivity index (χ2v) is 6.23. The summed E-state index contributed by atoms with van der Waals surface area (Å²) >= 11 is 5.93. The highest BCUT2D eigenvalue weighted by Gasteiger charge is 2.23. The second-order valence-electron chi connectivity index (χ2n) is 5.79. The molecule has 1 aromatic heterocycles. The fourth-order valence-corrected chi connectivity index (χ4v) is 2.92. The van der Waals surface area contributed by atoms with Crippen LogP contribution < -0.4 is 11.2 Å². The van der Waals surface area contributed by atoms with E-state index in [0.29, 0.717) is 30.3 Å². The molecule has 0 saturated carbocycles. The van der Waals surface area contributed by atoms with E-state index < -0.39 is 6.09 Å². The third-order valence-electron chi connectivity index (χ3n) is 4.04. The van der Waals surface area contributed by atoms with Gasteiger partial charge in [-0.05, 0) is 43.0 Å². The first-order valence-electron chi connectivity index (χ1n) is 7.68. The molecule has 1 aromatic carbocycles. The SMILES string of the molecule is NC(=O)OCC1CCN(NC(=O)c2cc3cc(Cl)ccc3o2)CC1. The zero-order valence-electron chi connectivity index (χ0n) is 13.0. The third kappa shape index (κ3) is 3.98. The average molecular weight is 352 g/mol. The molecule has 24 heavy (non-hydrogen) atoms. The number of hydrazine groups is 1. The summed E-state index contributed by atoms with van der Waals surface area (Å²) in [5.41, 5.74) is 8.41. The van der Waals surface area contributed by atoms with Gasteiger partial charge in [0.25, 0.3) is 0 Å². The fourth-order valence-electron chi connectivity index (χ4n) is 2.74. The maximum Gasteiger partial charge on any atom is 0.404 e. The molecule has 1 aliphatic heterocycles. The molecule has 8 heteroatoms. The number of fused-ring (bicyclic) bond motifs is 1. The Hall–Kier alpha value is -2.25. The number of nitrogens with one attached hydrogen (secondary N) is 1. The Balaban J connectivity index is 1.54. The Morgan fingerprint density at radius 2 is 2.08 bits per heavy atom. The summed E-state index contributed by atoms with van der Waals surface area (Å²) in [5, 5.41) is 3.22. The molecule has 3 rings (SSSR count). The van der Waals surface area contributed by atoms with Gasteiger partial charge in [-0.25, -0.2) is 9.80 Å². The monoisotopic (exact) mass is 351 g/mol. The van der Waals surface area contributed by atoms with Crippen molar-refractivity contribution in [3.63, 3.8) is 0 Å². The molecule has 128 valence electrons. The van der Waals surface area contributed by atoms with Crippen molar-refractivity contribution < 1.29 is 18.7 Å². The fraction of sp³-hybridized carbons (Fsp3) is 0.375. The van der Waals surface area contributed by atoms with Crippen molar-refractivity contribution in [3.05, 3.63) is 35.0 Å². The first-order chi connectivity index (χ1) is 11.5. The summed E-state index contributed by atoms with van der Waals surface area (Å²) in [7, 11) is 0. The van der Waals surface area contributed by atoms with Crippen LogP contribution in [-0.2, 0) is 4.74 Å². The van der Waals surface area contributed by atoms with Crippen molar-refractivity contribution in [2.75, 3.05) is 19.7 Å². The van der Waals surface area contributed by atoms with Gasteiger partial charge in [0.05, 0.1) is 6.61 Å². The molecular formula is C16H18ClN3O4. The van der Waals surface area contributed by atoms with E-state index in [1.165, 1.54) is 0 Å². The molecule has 0 unspecified atom stereocenters. The third-order valence-corrected chi connectivity index (χ3v) is 4.27. The minimum Gasteiger partial charge on any atom is -0.451 e. The summed E-state index contributed by atoms with van der Waals surface area (Å²) in [5.74, 6) is 0.208. The minimum absolute atomic E-state index is 0.242. The van der Waals surface area contributed by atoms with Crippen LogP contribution in [0.5, 0.6) is 0 Å². The van der Waals surface area contributed by atoms with Gasteiger partial charge in [0.1, 0.15) is 5.58 Å². The van der Waals surface area contributed by atoms with Crippen LogP contribution in [0.15, 0.2) is 28.7 Å². The van der Waals surface area contributed by atoms with E-state index in [1.54, 1.807) is 24.3 Å². The van der Waals surface area contributed by atoms with E-state index >= 15 is 0 Å². The van der Waals surface area contributed by atoms with Crippen molar-refractivity contribution in [1.29, 1.82) is 0 Å². The molecule has 0 bridgehead atoms. The number of halogens is 1. The van der Waals surface area contributed by atoms with Crippen molar-refractivity contribution in [1.82, 2.24) is 10.4 Å². The summed E-state index contributed by atoms with van der Waals surface area (Å²) in [6.45, 7) is 1.66. The van der Waals surface area contributed by atoms with Crippen molar-refractivity contribution >= 4 is 34.6 Å². The Bertz CT molecular complexity index is 753. The highest BCUT2D eigenvalue weighted by atomic mass is 35.5. The number of amides is 2. The van der Waals surface area contributed by atoms with Gasteiger partial charge in [-0.1, -0.05) is 11.6 Å².